The van der Waals surface area contributed by atoms with E-state index >= 15 is 0 Å². The van der Waals surface area contributed by atoms with Gasteiger partial charge >= 0.3 is 5.97 Å². The lowest BCUT2D eigenvalue weighted by Crippen LogP contribution is -2.18. The molecule has 1 heterocycles. The third kappa shape index (κ3) is 1.20. The zero-order chi connectivity index (χ0) is 9.30. The third-order valence-electron chi connectivity index (χ3n) is 1.71. The molecule has 0 fully saturated rings. The molecule has 0 saturated heterocycles. The fraction of sp³-hybridized carbons (Fsp3) is 0.500. The summed E-state index contributed by atoms with van der Waals surface area (Å²) in [5, 5.41) is 0. The van der Waals surface area contributed by atoms with Crippen LogP contribution in [0.5, 0.6) is 0 Å². The van der Waals surface area contributed by atoms with Gasteiger partial charge in [0.2, 0.25) is 5.78 Å². The lowest BCUT2D eigenvalue weighted by molar-refractivity contribution is -0.137. The molecule has 0 bridgehead atoms. The summed E-state index contributed by atoms with van der Waals surface area (Å²) in [7, 11) is 1.23. The van der Waals surface area contributed by atoms with Crippen LogP contribution >= 0.6 is 0 Å². The Morgan fingerprint density at radius 2 is 2.17 bits per heavy atom. The molecule has 0 aromatic heterocycles. The summed E-state index contributed by atoms with van der Waals surface area (Å²) < 4.78 is 9.46. The minimum Gasteiger partial charge on any atom is -0.486 e. The van der Waals surface area contributed by atoms with Crippen molar-refractivity contribution in [2.45, 2.75) is 20.0 Å². The van der Waals surface area contributed by atoms with Gasteiger partial charge in [0, 0.05) is 0 Å². The van der Waals surface area contributed by atoms with Crippen molar-refractivity contribution in [3.8, 4) is 0 Å². The first-order valence-electron chi connectivity index (χ1n) is 3.58. The number of carbonyl (C=O) groups is 2. The van der Waals surface area contributed by atoms with Gasteiger partial charge in [0.25, 0.3) is 0 Å². The number of hydrogen-bond donors (Lipinski definition) is 0. The minimum atomic E-state index is -0.623. The van der Waals surface area contributed by atoms with Gasteiger partial charge in [-0.25, -0.2) is 4.79 Å². The Morgan fingerprint density at radius 3 is 2.50 bits per heavy atom. The van der Waals surface area contributed by atoms with Crippen molar-refractivity contribution in [2.75, 3.05) is 7.11 Å². The molecule has 0 N–H and O–H groups in total. The Balaban J connectivity index is 2.95. The monoisotopic (exact) mass is 170 g/mol. The zero-order valence-electron chi connectivity index (χ0n) is 7.21. The van der Waals surface area contributed by atoms with E-state index in [0.717, 1.165) is 0 Å². The first-order valence-corrected chi connectivity index (χ1v) is 3.58. The van der Waals surface area contributed by atoms with Crippen LogP contribution in [0.3, 0.4) is 0 Å². The number of ketones is 1. The van der Waals surface area contributed by atoms with Crippen LogP contribution in [0.1, 0.15) is 13.8 Å². The number of rotatable bonds is 1. The molecule has 12 heavy (non-hydrogen) atoms. The molecule has 1 atom stereocenters. The zero-order valence-corrected chi connectivity index (χ0v) is 7.21. The molecule has 4 heteroatoms. The molecule has 0 spiro atoms. The van der Waals surface area contributed by atoms with Crippen molar-refractivity contribution in [1.82, 2.24) is 0 Å². The summed E-state index contributed by atoms with van der Waals surface area (Å²) in [5.41, 5.74) is 0.0324. The van der Waals surface area contributed by atoms with Gasteiger partial charge in [0.15, 0.2) is 6.10 Å². The third-order valence-corrected chi connectivity index (χ3v) is 1.71. The lowest BCUT2D eigenvalue weighted by Gasteiger charge is -2.00. The quantitative estimate of drug-likeness (QED) is 0.422. The predicted molar refractivity (Wildman–Crippen MR) is 40.3 cm³/mol. The second kappa shape index (κ2) is 2.97. The minimum absolute atomic E-state index is 0.0324. The first kappa shape index (κ1) is 8.77. The van der Waals surface area contributed by atoms with Crippen LogP contribution < -0.4 is 0 Å². The van der Waals surface area contributed by atoms with E-state index in [-0.39, 0.29) is 11.4 Å². The number of ether oxygens (including phenoxy) is 2. The number of methoxy groups -OCH3 is 1. The highest BCUT2D eigenvalue weighted by Gasteiger charge is 2.34. The predicted octanol–water partition coefficient (Wildman–Crippen LogP) is 0.421. The lowest BCUT2D eigenvalue weighted by atomic mass is 10.1. The average molecular weight is 170 g/mol. The Kier molecular flexibility index (Phi) is 2.17. The molecule has 0 radical (unpaired) electrons. The van der Waals surface area contributed by atoms with Crippen molar-refractivity contribution >= 4 is 11.8 Å². The van der Waals surface area contributed by atoms with E-state index in [1.54, 1.807) is 13.8 Å². The van der Waals surface area contributed by atoms with Gasteiger partial charge in [-0.15, -0.1) is 0 Å². The molecule has 0 aromatic carbocycles. The number of allylic oxidation sites excluding steroid dienone is 1. The summed E-state index contributed by atoms with van der Waals surface area (Å²) in [6.45, 7) is 3.18. The second-order valence-electron chi connectivity index (χ2n) is 2.55. The molecule has 0 amide bonds. The Bertz CT molecular complexity index is 264. The SMILES string of the molecule is COC(=O)C1=C(C)OC(C)C1=O. The molecule has 1 aliphatic rings. The maximum Gasteiger partial charge on any atom is 0.345 e. The maximum atomic E-state index is 11.2. The maximum absolute atomic E-state index is 11.2. The van der Waals surface area contributed by atoms with Gasteiger partial charge in [-0.2, -0.15) is 0 Å². The number of Topliss-reactive ketones (excluding diaryl/α,β-unsaturated/α-hetero) is 1. The summed E-state index contributed by atoms with van der Waals surface area (Å²) in [6.07, 6.45) is -0.556. The van der Waals surface area contributed by atoms with Gasteiger partial charge in [-0.1, -0.05) is 0 Å². The molecular weight excluding hydrogens is 160 g/mol. The van der Waals surface area contributed by atoms with Crippen LogP contribution in [0.4, 0.5) is 0 Å². The smallest absolute Gasteiger partial charge is 0.345 e. The van der Waals surface area contributed by atoms with Crippen LogP contribution in [0.2, 0.25) is 0 Å². The van der Waals surface area contributed by atoms with E-state index in [4.69, 9.17) is 4.74 Å². The summed E-state index contributed by atoms with van der Waals surface area (Å²) in [5.74, 6) is -0.583. The van der Waals surface area contributed by atoms with Gasteiger partial charge in [-0.3, -0.25) is 4.79 Å². The van der Waals surface area contributed by atoms with Gasteiger partial charge in [0.05, 0.1) is 7.11 Å². The highest BCUT2D eigenvalue weighted by atomic mass is 16.5. The molecule has 4 nitrogen and oxygen atoms in total. The van der Waals surface area contributed by atoms with Gasteiger partial charge in [-0.05, 0) is 13.8 Å². The number of esters is 1. The van der Waals surface area contributed by atoms with Crippen LogP contribution in [0, 0.1) is 0 Å². The fourth-order valence-corrected chi connectivity index (χ4v) is 1.10. The first-order chi connectivity index (χ1) is 5.57. The molecule has 1 unspecified atom stereocenters. The largest absolute Gasteiger partial charge is 0.486 e. The van der Waals surface area contributed by atoms with E-state index in [1.807, 2.05) is 0 Å². The fourth-order valence-electron chi connectivity index (χ4n) is 1.10. The number of hydrogen-bond acceptors (Lipinski definition) is 4. The van der Waals surface area contributed by atoms with E-state index < -0.39 is 12.1 Å². The molecule has 1 rings (SSSR count). The highest BCUT2D eigenvalue weighted by molar-refractivity contribution is 6.20. The Hall–Kier alpha value is -1.32. The van der Waals surface area contributed by atoms with Crippen LogP contribution in [0.15, 0.2) is 11.3 Å². The highest BCUT2D eigenvalue weighted by Crippen LogP contribution is 2.21. The topological polar surface area (TPSA) is 52.6 Å². The van der Waals surface area contributed by atoms with E-state index in [0.29, 0.717) is 5.76 Å². The summed E-state index contributed by atoms with van der Waals surface area (Å²) >= 11 is 0. The summed E-state index contributed by atoms with van der Waals surface area (Å²) in [4.78, 5) is 22.2. The Labute approximate surface area is 70.1 Å². The molecule has 66 valence electrons. The van der Waals surface area contributed by atoms with Gasteiger partial charge in [0.1, 0.15) is 11.3 Å². The van der Waals surface area contributed by atoms with Crippen LogP contribution in [0.25, 0.3) is 0 Å². The van der Waals surface area contributed by atoms with E-state index in [9.17, 15) is 9.59 Å². The van der Waals surface area contributed by atoms with Crippen LogP contribution in [-0.4, -0.2) is 25.0 Å². The van der Waals surface area contributed by atoms with Crippen molar-refractivity contribution < 1.29 is 19.1 Å². The molecule has 0 saturated carbocycles. The molecule has 0 aromatic rings. The van der Waals surface area contributed by atoms with Crippen LogP contribution in [-0.2, 0) is 19.1 Å². The molecule has 0 aliphatic carbocycles. The molecule has 1 aliphatic heterocycles. The van der Waals surface area contributed by atoms with Crippen molar-refractivity contribution in [1.29, 1.82) is 0 Å². The van der Waals surface area contributed by atoms with Crippen molar-refractivity contribution in [3.63, 3.8) is 0 Å². The van der Waals surface area contributed by atoms with E-state index in [1.165, 1.54) is 7.11 Å². The normalized spacial score (nSPS) is 22.6. The van der Waals surface area contributed by atoms with E-state index in [2.05, 4.69) is 4.74 Å². The summed E-state index contributed by atoms with van der Waals surface area (Å²) in [6, 6.07) is 0. The van der Waals surface area contributed by atoms with Crippen molar-refractivity contribution in [3.05, 3.63) is 11.3 Å². The Morgan fingerprint density at radius 1 is 1.58 bits per heavy atom. The average Bonchev–Trinajstić information content (AvgIpc) is 2.26. The van der Waals surface area contributed by atoms with Crippen molar-refractivity contribution in [2.24, 2.45) is 0 Å². The molecular formula is C8H10O4. The number of carbonyl (C=O) groups excluding carboxylic acids is 2. The standard InChI is InChI=1S/C8H10O4/c1-4-6(8(10)11-3)7(9)5(2)12-4/h5H,1-3H3. The van der Waals surface area contributed by atoms with Gasteiger partial charge < -0.3 is 9.47 Å². The second-order valence-corrected chi connectivity index (χ2v) is 2.55.